The average molecular weight is 313 g/mol. The second-order valence-corrected chi connectivity index (χ2v) is 7.20. The third-order valence-electron chi connectivity index (χ3n) is 4.97. The Balaban J connectivity index is 3.43. The van der Waals surface area contributed by atoms with E-state index < -0.39 is 0 Å². The van der Waals surface area contributed by atoms with Gasteiger partial charge < -0.3 is 5.11 Å². The van der Waals surface area contributed by atoms with Gasteiger partial charge in [-0.2, -0.15) is 0 Å². The van der Waals surface area contributed by atoms with Crippen LogP contribution in [0.25, 0.3) is 0 Å². The topological polar surface area (TPSA) is 20.2 Å². The number of aliphatic hydroxyl groups is 1. The summed E-state index contributed by atoms with van der Waals surface area (Å²) in [6.07, 6.45) is 23.4. The highest BCUT2D eigenvalue weighted by Crippen LogP contribution is 2.21. The minimum absolute atomic E-state index is 0.386. The lowest BCUT2D eigenvalue weighted by Crippen LogP contribution is -2.03. The summed E-state index contributed by atoms with van der Waals surface area (Å²) in [6.45, 7) is 4.95. The molecule has 0 aromatic carbocycles. The van der Waals surface area contributed by atoms with Crippen LogP contribution in [0.5, 0.6) is 0 Å². The zero-order chi connectivity index (χ0) is 16.3. The predicted molar refractivity (Wildman–Crippen MR) is 100 cm³/mol. The molecule has 0 aliphatic rings. The lowest BCUT2D eigenvalue weighted by molar-refractivity contribution is 0.241. The quantitative estimate of drug-likeness (QED) is 0.264. The second kappa shape index (κ2) is 19.0. The van der Waals surface area contributed by atoms with Crippen molar-refractivity contribution >= 4 is 0 Å². The van der Waals surface area contributed by atoms with Gasteiger partial charge in [-0.05, 0) is 12.3 Å². The van der Waals surface area contributed by atoms with Crippen LogP contribution in [-0.2, 0) is 0 Å². The Morgan fingerprint density at radius 3 is 1.23 bits per heavy atom. The number of unbranched alkanes of at least 4 members (excludes halogenated alkanes) is 12. The van der Waals surface area contributed by atoms with Crippen LogP contribution in [0, 0.1) is 5.92 Å². The molecular formula is C21H44O. The van der Waals surface area contributed by atoms with Crippen LogP contribution in [0.4, 0.5) is 0 Å². The van der Waals surface area contributed by atoms with Crippen molar-refractivity contribution in [3.05, 3.63) is 0 Å². The van der Waals surface area contributed by atoms with Crippen LogP contribution in [0.1, 0.15) is 123 Å². The first-order chi connectivity index (χ1) is 10.8. The van der Waals surface area contributed by atoms with Gasteiger partial charge in [0.1, 0.15) is 0 Å². The number of aliphatic hydroxyl groups excluding tert-OH is 1. The van der Waals surface area contributed by atoms with E-state index in [2.05, 4.69) is 13.8 Å². The van der Waals surface area contributed by atoms with Gasteiger partial charge in [0, 0.05) is 6.61 Å². The number of hydrogen-bond acceptors (Lipinski definition) is 1. The molecule has 1 N–H and O–H groups in total. The Labute approximate surface area is 141 Å². The summed E-state index contributed by atoms with van der Waals surface area (Å²) in [4.78, 5) is 0. The molecule has 0 aromatic heterocycles. The lowest BCUT2D eigenvalue weighted by Gasteiger charge is -2.15. The largest absolute Gasteiger partial charge is 0.396 e. The lowest BCUT2D eigenvalue weighted by atomic mass is 9.92. The van der Waals surface area contributed by atoms with Crippen molar-refractivity contribution in [3.8, 4) is 0 Å². The maximum Gasteiger partial charge on any atom is 0.0433 e. The zero-order valence-electron chi connectivity index (χ0n) is 15.8. The van der Waals surface area contributed by atoms with Crippen LogP contribution >= 0.6 is 0 Å². The summed E-state index contributed by atoms with van der Waals surface area (Å²) in [5.74, 6) is 0.788. The summed E-state index contributed by atoms with van der Waals surface area (Å²) >= 11 is 0. The van der Waals surface area contributed by atoms with Crippen molar-refractivity contribution in [1.29, 1.82) is 0 Å². The molecule has 0 radical (unpaired) electrons. The molecule has 0 spiro atoms. The average Bonchev–Trinajstić information content (AvgIpc) is 2.53. The third-order valence-corrected chi connectivity index (χ3v) is 4.97. The highest BCUT2D eigenvalue weighted by atomic mass is 16.3. The highest BCUT2D eigenvalue weighted by molar-refractivity contribution is 4.61. The van der Waals surface area contributed by atoms with Gasteiger partial charge in [0.15, 0.2) is 0 Å². The zero-order valence-corrected chi connectivity index (χ0v) is 15.8. The number of hydrogen-bond donors (Lipinski definition) is 1. The first kappa shape index (κ1) is 22.0. The van der Waals surface area contributed by atoms with Crippen molar-refractivity contribution in [2.45, 2.75) is 123 Å². The van der Waals surface area contributed by atoms with Gasteiger partial charge in [0.25, 0.3) is 0 Å². The maximum absolute atomic E-state index is 9.23. The highest BCUT2D eigenvalue weighted by Gasteiger charge is 2.07. The molecule has 0 fully saturated rings. The molecule has 0 amide bonds. The molecule has 0 aliphatic carbocycles. The standard InChI is InChI=1S/C21H44O/c1-3-5-7-9-11-12-14-16-18-21(19-20-22)17-15-13-10-8-6-4-2/h21-22H,3-20H2,1-2H3. The summed E-state index contributed by atoms with van der Waals surface area (Å²) in [7, 11) is 0. The van der Waals surface area contributed by atoms with Crippen LogP contribution in [0.3, 0.4) is 0 Å². The molecule has 0 rings (SSSR count). The Morgan fingerprint density at radius 2 is 0.864 bits per heavy atom. The first-order valence-corrected chi connectivity index (χ1v) is 10.5. The molecule has 1 atom stereocenters. The van der Waals surface area contributed by atoms with Gasteiger partial charge in [-0.3, -0.25) is 0 Å². The van der Waals surface area contributed by atoms with Crippen LogP contribution in [0.2, 0.25) is 0 Å². The van der Waals surface area contributed by atoms with Crippen LogP contribution in [-0.4, -0.2) is 11.7 Å². The third kappa shape index (κ3) is 16.3. The molecular weight excluding hydrogens is 268 g/mol. The molecule has 1 nitrogen and oxygen atoms in total. The molecule has 0 bridgehead atoms. The van der Waals surface area contributed by atoms with E-state index in [4.69, 9.17) is 0 Å². The second-order valence-electron chi connectivity index (χ2n) is 7.20. The van der Waals surface area contributed by atoms with Gasteiger partial charge in [-0.15, -0.1) is 0 Å². The fourth-order valence-electron chi connectivity index (χ4n) is 3.40. The Bertz CT molecular complexity index is 190. The Hall–Kier alpha value is -0.0400. The van der Waals surface area contributed by atoms with Crippen LogP contribution in [0.15, 0.2) is 0 Å². The number of rotatable bonds is 18. The molecule has 0 heterocycles. The van der Waals surface area contributed by atoms with Gasteiger partial charge in [-0.25, -0.2) is 0 Å². The SMILES string of the molecule is CCCCCCCCCCC(CCO)CCCCCCCC. The van der Waals surface area contributed by atoms with Crippen molar-refractivity contribution in [2.24, 2.45) is 5.92 Å². The van der Waals surface area contributed by atoms with E-state index in [1.54, 1.807) is 0 Å². The van der Waals surface area contributed by atoms with E-state index in [0.29, 0.717) is 6.61 Å². The van der Waals surface area contributed by atoms with E-state index in [0.717, 1.165) is 12.3 Å². The summed E-state index contributed by atoms with van der Waals surface area (Å²) < 4.78 is 0. The first-order valence-electron chi connectivity index (χ1n) is 10.5. The van der Waals surface area contributed by atoms with Crippen molar-refractivity contribution in [1.82, 2.24) is 0 Å². The molecule has 0 saturated heterocycles. The molecule has 134 valence electrons. The fraction of sp³-hybridized carbons (Fsp3) is 1.00. The molecule has 0 aromatic rings. The smallest absolute Gasteiger partial charge is 0.0433 e. The van der Waals surface area contributed by atoms with E-state index >= 15 is 0 Å². The van der Waals surface area contributed by atoms with Gasteiger partial charge in [0.05, 0.1) is 0 Å². The minimum Gasteiger partial charge on any atom is -0.396 e. The summed E-state index contributed by atoms with van der Waals surface area (Å²) in [5.41, 5.74) is 0. The van der Waals surface area contributed by atoms with Crippen molar-refractivity contribution < 1.29 is 5.11 Å². The fourth-order valence-corrected chi connectivity index (χ4v) is 3.40. The van der Waals surface area contributed by atoms with E-state index in [1.807, 2.05) is 0 Å². The maximum atomic E-state index is 9.23. The molecule has 1 heteroatoms. The Morgan fingerprint density at radius 1 is 0.500 bits per heavy atom. The minimum atomic E-state index is 0.386. The predicted octanol–water partition coefficient (Wildman–Crippen LogP) is 7.27. The summed E-state index contributed by atoms with van der Waals surface area (Å²) in [5, 5.41) is 9.23. The molecule has 22 heavy (non-hydrogen) atoms. The van der Waals surface area contributed by atoms with Crippen LogP contribution < -0.4 is 0 Å². The van der Waals surface area contributed by atoms with E-state index in [1.165, 1.54) is 103 Å². The molecule has 0 saturated carbocycles. The van der Waals surface area contributed by atoms with E-state index in [-0.39, 0.29) is 0 Å². The van der Waals surface area contributed by atoms with Crippen molar-refractivity contribution in [3.63, 3.8) is 0 Å². The summed E-state index contributed by atoms with van der Waals surface area (Å²) in [6, 6.07) is 0. The van der Waals surface area contributed by atoms with E-state index in [9.17, 15) is 5.11 Å². The Kier molecular flexibility index (Phi) is 19.0. The molecule has 0 aliphatic heterocycles. The normalized spacial score (nSPS) is 12.7. The van der Waals surface area contributed by atoms with Gasteiger partial charge in [0.2, 0.25) is 0 Å². The van der Waals surface area contributed by atoms with Gasteiger partial charge >= 0.3 is 0 Å². The van der Waals surface area contributed by atoms with Crippen molar-refractivity contribution in [2.75, 3.05) is 6.61 Å². The van der Waals surface area contributed by atoms with Gasteiger partial charge in [-0.1, -0.05) is 117 Å². The molecule has 1 unspecified atom stereocenters. The monoisotopic (exact) mass is 312 g/mol.